The molecule has 0 aromatic heterocycles. The number of benzene rings is 1. The smallest absolute Gasteiger partial charge is 0.0126 e. The second-order valence-electron chi connectivity index (χ2n) is 7.73. The average molecular weight is 260 g/mol. The summed E-state index contributed by atoms with van der Waals surface area (Å²) in [7, 11) is 0. The van der Waals surface area contributed by atoms with Crippen molar-refractivity contribution in [3.05, 3.63) is 34.4 Å². The van der Waals surface area contributed by atoms with Crippen molar-refractivity contribution in [2.75, 3.05) is 0 Å². The fourth-order valence-corrected chi connectivity index (χ4v) is 3.04. The molecule has 0 nitrogen and oxygen atoms in total. The Bertz CT molecular complexity index is 425. The minimum Gasteiger partial charge on any atom is -0.0651 e. The summed E-state index contributed by atoms with van der Waals surface area (Å²) < 4.78 is 0. The first-order chi connectivity index (χ1) is 8.62. The normalized spacial score (nSPS) is 12.8. The Morgan fingerprint density at radius 2 is 1.42 bits per heavy atom. The van der Waals surface area contributed by atoms with E-state index in [-0.39, 0.29) is 10.8 Å². The zero-order chi connectivity index (χ0) is 14.8. The van der Waals surface area contributed by atoms with Crippen LogP contribution in [0.1, 0.15) is 84.1 Å². The van der Waals surface area contributed by atoms with E-state index in [1.165, 1.54) is 18.4 Å². The van der Waals surface area contributed by atoms with Crippen molar-refractivity contribution in [1.29, 1.82) is 0 Å². The molecular formula is C19H32. The van der Waals surface area contributed by atoms with Crippen molar-refractivity contribution in [1.82, 2.24) is 0 Å². The molecule has 0 fully saturated rings. The van der Waals surface area contributed by atoms with Gasteiger partial charge in [-0.1, -0.05) is 73.9 Å². The molecule has 0 aliphatic heterocycles. The maximum Gasteiger partial charge on any atom is -0.0126 e. The van der Waals surface area contributed by atoms with Gasteiger partial charge in [-0.3, -0.25) is 0 Å². The SMILES string of the molecule is CCCc1c(CC)ccc(C(C)(C)C)c1C(C)(C)C. The molecule has 0 atom stereocenters. The first kappa shape index (κ1) is 16.3. The summed E-state index contributed by atoms with van der Waals surface area (Å²) in [4.78, 5) is 0. The first-order valence-electron chi connectivity index (χ1n) is 7.78. The van der Waals surface area contributed by atoms with Crippen LogP contribution >= 0.6 is 0 Å². The third-order valence-electron chi connectivity index (χ3n) is 3.85. The van der Waals surface area contributed by atoms with Gasteiger partial charge in [0.15, 0.2) is 0 Å². The molecule has 0 unspecified atom stereocenters. The molecule has 1 aromatic rings. The average Bonchev–Trinajstić information content (AvgIpc) is 2.26. The van der Waals surface area contributed by atoms with Crippen molar-refractivity contribution < 1.29 is 0 Å². The third-order valence-corrected chi connectivity index (χ3v) is 3.85. The molecule has 0 spiro atoms. The van der Waals surface area contributed by atoms with Crippen LogP contribution in [0.4, 0.5) is 0 Å². The van der Waals surface area contributed by atoms with Crippen LogP contribution in [-0.2, 0) is 23.7 Å². The Hall–Kier alpha value is -0.780. The van der Waals surface area contributed by atoms with Gasteiger partial charge in [0.25, 0.3) is 0 Å². The Balaban J connectivity index is 3.64. The van der Waals surface area contributed by atoms with E-state index in [1.54, 1.807) is 16.7 Å². The summed E-state index contributed by atoms with van der Waals surface area (Å²) in [5, 5.41) is 0. The standard InChI is InChI=1S/C19H32/c1-9-11-15-14(10-2)12-13-16(18(3,4)5)17(15)19(6,7)8/h12-13H,9-11H2,1-8H3. The molecule has 1 aromatic carbocycles. The lowest BCUT2D eigenvalue weighted by Crippen LogP contribution is -2.24. The highest BCUT2D eigenvalue weighted by Crippen LogP contribution is 2.38. The molecule has 1 rings (SSSR count). The number of hydrogen-bond acceptors (Lipinski definition) is 0. The van der Waals surface area contributed by atoms with E-state index in [9.17, 15) is 0 Å². The van der Waals surface area contributed by atoms with E-state index >= 15 is 0 Å². The monoisotopic (exact) mass is 260 g/mol. The maximum absolute atomic E-state index is 2.37. The van der Waals surface area contributed by atoms with Gasteiger partial charge in [0.05, 0.1) is 0 Å². The minimum absolute atomic E-state index is 0.220. The molecule has 19 heavy (non-hydrogen) atoms. The molecule has 0 heteroatoms. The predicted octanol–water partition coefficient (Wildman–Crippen LogP) is 5.80. The Labute approximate surface area is 120 Å². The molecule has 0 saturated carbocycles. The Morgan fingerprint density at radius 1 is 0.842 bits per heavy atom. The largest absolute Gasteiger partial charge is 0.0651 e. The van der Waals surface area contributed by atoms with E-state index in [0.29, 0.717) is 0 Å². The summed E-state index contributed by atoms with van der Waals surface area (Å²) in [5.41, 5.74) is 6.72. The van der Waals surface area contributed by atoms with Crippen LogP contribution in [0.3, 0.4) is 0 Å². The van der Waals surface area contributed by atoms with Gasteiger partial charge in [-0.25, -0.2) is 0 Å². The van der Waals surface area contributed by atoms with Gasteiger partial charge in [-0.15, -0.1) is 0 Å². The summed E-state index contributed by atoms with van der Waals surface area (Å²) in [6.45, 7) is 18.6. The van der Waals surface area contributed by atoms with Crippen molar-refractivity contribution in [3.63, 3.8) is 0 Å². The number of aryl methyl sites for hydroxylation is 1. The Morgan fingerprint density at radius 3 is 1.79 bits per heavy atom. The van der Waals surface area contributed by atoms with Crippen LogP contribution in [0.25, 0.3) is 0 Å². The fraction of sp³-hybridized carbons (Fsp3) is 0.684. The molecular weight excluding hydrogens is 228 g/mol. The first-order valence-corrected chi connectivity index (χ1v) is 7.78. The zero-order valence-electron chi connectivity index (χ0n) is 14.3. The third kappa shape index (κ3) is 3.61. The molecule has 0 aliphatic rings. The molecule has 0 radical (unpaired) electrons. The molecule has 0 aliphatic carbocycles. The van der Waals surface area contributed by atoms with Crippen molar-refractivity contribution >= 4 is 0 Å². The summed E-state index contributed by atoms with van der Waals surface area (Å²) in [6, 6.07) is 4.74. The van der Waals surface area contributed by atoms with Gasteiger partial charge >= 0.3 is 0 Å². The van der Waals surface area contributed by atoms with Crippen LogP contribution < -0.4 is 0 Å². The molecule has 108 valence electrons. The quantitative estimate of drug-likeness (QED) is 0.644. The highest BCUT2D eigenvalue weighted by Gasteiger charge is 2.28. The van der Waals surface area contributed by atoms with Crippen LogP contribution in [0.5, 0.6) is 0 Å². The van der Waals surface area contributed by atoms with Gasteiger partial charge in [-0.2, -0.15) is 0 Å². The Kier molecular flexibility index (Phi) is 4.87. The second-order valence-corrected chi connectivity index (χ2v) is 7.73. The fourth-order valence-electron chi connectivity index (χ4n) is 3.04. The van der Waals surface area contributed by atoms with Gasteiger partial charge in [0.1, 0.15) is 0 Å². The highest BCUT2D eigenvalue weighted by molar-refractivity contribution is 5.48. The van der Waals surface area contributed by atoms with Crippen LogP contribution in [0.2, 0.25) is 0 Å². The van der Waals surface area contributed by atoms with Gasteiger partial charge in [0, 0.05) is 0 Å². The summed E-state index contributed by atoms with van der Waals surface area (Å²) in [5.74, 6) is 0. The lowest BCUT2D eigenvalue weighted by atomic mass is 9.71. The van der Waals surface area contributed by atoms with Gasteiger partial charge < -0.3 is 0 Å². The lowest BCUT2D eigenvalue weighted by molar-refractivity contribution is 0.523. The maximum atomic E-state index is 2.37. The van der Waals surface area contributed by atoms with E-state index in [0.717, 1.165) is 6.42 Å². The predicted molar refractivity (Wildman–Crippen MR) is 87.2 cm³/mol. The summed E-state index contributed by atoms with van der Waals surface area (Å²) in [6.07, 6.45) is 3.58. The van der Waals surface area contributed by atoms with Gasteiger partial charge in [-0.05, 0) is 45.9 Å². The van der Waals surface area contributed by atoms with Gasteiger partial charge in [0.2, 0.25) is 0 Å². The molecule has 0 heterocycles. The lowest BCUT2D eigenvalue weighted by Gasteiger charge is -2.33. The molecule has 0 amide bonds. The topological polar surface area (TPSA) is 0 Å². The van der Waals surface area contributed by atoms with Crippen LogP contribution in [0, 0.1) is 0 Å². The van der Waals surface area contributed by atoms with E-state index < -0.39 is 0 Å². The van der Waals surface area contributed by atoms with E-state index in [2.05, 4.69) is 67.5 Å². The molecule has 0 bridgehead atoms. The number of rotatable bonds is 3. The van der Waals surface area contributed by atoms with Crippen molar-refractivity contribution in [2.45, 2.75) is 85.5 Å². The highest BCUT2D eigenvalue weighted by atomic mass is 14.3. The van der Waals surface area contributed by atoms with E-state index in [4.69, 9.17) is 0 Å². The van der Waals surface area contributed by atoms with Crippen LogP contribution in [0.15, 0.2) is 12.1 Å². The molecule has 0 N–H and O–H groups in total. The second kappa shape index (κ2) is 5.69. The summed E-state index contributed by atoms with van der Waals surface area (Å²) >= 11 is 0. The van der Waals surface area contributed by atoms with Crippen molar-refractivity contribution in [3.8, 4) is 0 Å². The van der Waals surface area contributed by atoms with Crippen LogP contribution in [-0.4, -0.2) is 0 Å². The zero-order valence-corrected chi connectivity index (χ0v) is 14.3. The van der Waals surface area contributed by atoms with E-state index in [1.807, 2.05) is 0 Å². The molecule has 0 saturated heterocycles. The van der Waals surface area contributed by atoms with Crippen molar-refractivity contribution in [2.24, 2.45) is 0 Å². The minimum atomic E-state index is 0.220. The number of hydrogen-bond donors (Lipinski definition) is 0.